The lowest BCUT2D eigenvalue weighted by molar-refractivity contribution is -0.137. The van der Waals surface area contributed by atoms with Crippen LogP contribution in [0.15, 0.2) is 24.4 Å². The maximum absolute atomic E-state index is 12.6. The molecule has 3 rings (SSSR count). The van der Waals surface area contributed by atoms with Gasteiger partial charge in [-0.1, -0.05) is 6.07 Å². The van der Waals surface area contributed by atoms with Crippen molar-refractivity contribution >= 4 is 11.8 Å². The van der Waals surface area contributed by atoms with Crippen molar-refractivity contribution in [3.63, 3.8) is 0 Å². The topological polar surface area (TPSA) is 91.6 Å². The highest BCUT2D eigenvalue weighted by atomic mass is 16.2. The maximum Gasteiger partial charge on any atom is 0.242 e. The van der Waals surface area contributed by atoms with Crippen LogP contribution < -0.4 is 11.1 Å². The summed E-state index contributed by atoms with van der Waals surface area (Å²) in [4.78, 5) is 33.6. The number of carbonyl (C=O) groups is 2. The van der Waals surface area contributed by atoms with Crippen LogP contribution in [0.3, 0.4) is 0 Å². The van der Waals surface area contributed by atoms with E-state index in [2.05, 4.69) is 15.2 Å². The molecule has 154 valence electrons. The SMILES string of the molecule is CC(C)(N)C(=O)N1CCC(N2CCC[C@@H](C(=O)NCc3ccccn3)C2)CC1. The second kappa shape index (κ2) is 9.01. The summed E-state index contributed by atoms with van der Waals surface area (Å²) in [6, 6.07) is 6.17. The predicted octanol–water partition coefficient (Wildman–Crippen LogP) is 1.14. The van der Waals surface area contributed by atoms with Gasteiger partial charge >= 0.3 is 0 Å². The minimum absolute atomic E-state index is 0.0244. The summed E-state index contributed by atoms with van der Waals surface area (Å²) in [5, 5.41) is 3.04. The summed E-state index contributed by atoms with van der Waals surface area (Å²) in [5.41, 5.74) is 6.03. The average molecular weight is 388 g/mol. The number of carbonyl (C=O) groups excluding carboxylic acids is 2. The smallest absolute Gasteiger partial charge is 0.242 e. The van der Waals surface area contributed by atoms with E-state index in [1.165, 1.54) is 0 Å². The zero-order valence-corrected chi connectivity index (χ0v) is 17.1. The molecular formula is C21H33N5O2. The minimum Gasteiger partial charge on any atom is -0.350 e. The number of pyridine rings is 1. The summed E-state index contributed by atoms with van der Waals surface area (Å²) in [7, 11) is 0. The molecule has 2 fully saturated rings. The van der Waals surface area contributed by atoms with Gasteiger partial charge in [-0.3, -0.25) is 19.5 Å². The quantitative estimate of drug-likeness (QED) is 0.790. The fourth-order valence-electron chi connectivity index (χ4n) is 4.22. The van der Waals surface area contributed by atoms with Crippen molar-refractivity contribution in [2.75, 3.05) is 26.2 Å². The highest BCUT2D eigenvalue weighted by Gasteiger charge is 2.35. The maximum atomic E-state index is 12.6. The molecule has 1 atom stereocenters. The number of aromatic nitrogens is 1. The van der Waals surface area contributed by atoms with Crippen LogP contribution in [0, 0.1) is 5.92 Å². The Kier molecular flexibility index (Phi) is 6.67. The molecule has 2 amide bonds. The van der Waals surface area contributed by atoms with Crippen LogP contribution in [0.2, 0.25) is 0 Å². The van der Waals surface area contributed by atoms with E-state index < -0.39 is 5.54 Å². The minimum atomic E-state index is -0.811. The fraction of sp³-hybridized carbons (Fsp3) is 0.667. The first-order valence-electron chi connectivity index (χ1n) is 10.3. The Balaban J connectivity index is 1.47. The number of likely N-dealkylation sites (tertiary alicyclic amines) is 2. The molecule has 0 radical (unpaired) electrons. The molecule has 3 heterocycles. The van der Waals surface area contributed by atoms with E-state index in [0.717, 1.165) is 57.6 Å². The van der Waals surface area contributed by atoms with Crippen molar-refractivity contribution in [1.82, 2.24) is 20.1 Å². The fourth-order valence-corrected chi connectivity index (χ4v) is 4.22. The Morgan fingerprint density at radius 1 is 1.21 bits per heavy atom. The molecule has 7 heteroatoms. The van der Waals surface area contributed by atoms with Crippen molar-refractivity contribution in [2.45, 2.75) is 57.7 Å². The van der Waals surface area contributed by atoms with E-state index in [-0.39, 0.29) is 17.7 Å². The van der Waals surface area contributed by atoms with Crippen LogP contribution in [-0.2, 0) is 16.1 Å². The van der Waals surface area contributed by atoms with Gasteiger partial charge in [0.05, 0.1) is 23.7 Å². The van der Waals surface area contributed by atoms with Crippen molar-refractivity contribution in [1.29, 1.82) is 0 Å². The summed E-state index contributed by atoms with van der Waals surface area (Å²) in [6.07, 6.45) is 5.61. The zero-order valence-electron chi connectivity index (χ0n) is 17.1. The van der Waals surface area contributed by atoms with E-state index in [4.69, 9.17) is 5.73 Å². The van der Waals surface area contributed by atoms with Gasteiger partial charge in [-0.25, -0.2) is 0 Å². The van der Waals surface area contributed by atoms with Gasteiger partial charge < -0.3 is 16.0 Å². The molecule has 2 saturated heterocycles. The predicted molar refractivity (Wildman–Crippen MR) is 108 cm³/mol. The van der Waals surface area contributed by atoms with Crippen molar-refractivity contribution < 1.29 is 9.59 Å². The van der Waals surface area contributed by atoms with E-state index in [1.54, 1.807) is 20.0 Å². The van der Waals surface area contributed by atoms with Gasteiger partial charge in [0.1, 0.15) is 0 Å². The zero-order chi connectivity index (χ0) is 20.1. The lowest BCUT2D eigenvalue weighted by atomic mass is 9.92. The van der Waals surface area contributed by atoms with E-state index in [9.17, 15) is 9.59 Å². The third-order valence-electron chi connectivity index (χ3n) is 5.81. The highest BCUT2D eigenvalue weighted by molar-refractivity contribution is 5.85. The first-order valence-corrected chi connectivity index (χ1v) is 10.3. The molecular weight excluding hydrogens is 354 g/mol. The van der Waals surface area contributed by atoms with Gasteiger partial charge in [0.2, 0.25) is 11.8 Å². The van der Waals surface area contributed by atoms with Crippen molar-refractivity contribution in [3.05, 3.63) is 30.1 Å². The van der Waals surface area contributed by atoms with Crippen LogP contribution in [0.25, 0.3) is 0 Å². The number of nitrogens with two attached hydrogens (primary N) is 1. The molecule has 0 aromatic carbocycles. The number of amides is 2. The van der Waals surface area contributed by atoms with Crippen molar-refractivity contribution in [3.8, 4) is 0 Å². The van der Waals surface area contributed by atoms with Gasteiger partial charge in [0, 0.05) is 31.9 Å². The molecule has 7 nitrogen and oxygen atoms in total. The second-order valence-corrected chi connectivity index (χ2v) is 8.62. The lowest BCUT2D eigenvalue weighted by Gasteiger charge is -2.43. The molecule has 2 aliphatic rings. The Morgan fingerprint density at radius 3 is 2.61 bits per heavy atom. The largest absolute Gasteiger partial charge is 0.350 e. The first kappa shape index (κ1) is 20.7. The Hall–Kier alpha value is -1.99. The lowest BCUT2D eigenvalue weighted by Crippen LogP contribution is -2.56. The average Bonchev–Trinajstić information content (AvgIpc) is 2.72. The molecule has 0 aliphatic carbocycles. The summed E-state index contributed by atoms with van der Waals surface area (Å²) in [5.74, 6) is 0.171. The summed E-state index contributed by atoms with van der Waals surface area (Å²) in [6.45, 7) is 7.33. The molecule has 3 N–H and O–H groups in total. The van der Waals surface area contributed by atoms with Crippen LogP contribution in [0.5, 0.6) is 0 Å². The summed E-state index contributed by atoms with van der Waals surface area (Å²) < 4.78 is 0. The number of piperidine rings is 2. The Bertz CT molecular complexity index is 665. The molecule has 0 spiro atoms. The van der Waals surface area contributed by atoms with E-state index >= 15 is 0 Å². The number of hydrogen-bond acceptors (Lipinski definition) is 5. The highest BCUT2D eigenvalue weighted by Crippen LogP contribution is 2.25. The molecule has 2 aliphatic heterocycles. The molecule has 28 heavy (non-hydrogen) atoms. The monoisotopic (exact) mass is 387 g/mol. The van der Waals surface area contributed by atoms with E-state index in [0.29, 0.717) is 12.6 Å². The Morgan fingerprint density at radius 2 is 1.96 bits per heavy atom. The summed E-state index contributed by atoms with van der Waals surface area (Å²) >= 11 is 0. The number of hydrogen-bond donors (Lipinski definition) is 2. The van der Waals surface area contributed by atoms with Crippen molar-refractivity contribution in [2.24, 2.45) is 11.7 Å². The normalized spacial score (nSPS) is 22.1. The molecule has 0 unspecified atom stereocenters. The number of nitrogens with one attached hydrogen (secondary N) is 1. The molecule has 0 bridgehead atoms. The van der Waals surface area contributed by atoms with Crippen LogP contribution in [0.1, 0.15) is 45.2 Å². The van der Waals surface area contributed by atoms with Crippen LogP contribution in [0.4, 0.5) is 0 Å². The number of nitrogens with zero attached hydrogens (tertiary/aromatic N) is 3. The second-order valence-electron chi connectivity index (χ2n) is 8.62. The van der Waals surface area contributed by atoms with Gasteiger partial charge in [0.25, 0.3) is 0 Å². The molecule has 1 aromatic rings. The standard InChI is InChI=1S/C21H33N5O2/c1-21(2,22)20(28)25-12-8-18(9-13-25)26-11-5-6-16(15-26)19(27)24-14-17-7-3-4-10-23-17/h3-4,7,10,16,18H,5-6,8-9,11-15,22H2,1-2H3,(H,24,27)/t16-/m1/s1. The third-order valence-corrected chi connectivity index (χ3v) is 5.81. The Labute approximate surface area is 167 Å². The van der Waals surface area contributed by atoms with Gasteiger partial charge in [-0.15, -0.1) is 0 Å². The number of rotatable bonds is 5. The first-order chi connectivity index (χ1) is 13.3. The van der Waals surface area contributed by atoms with Gasteiger partial charge in [-0.2, -0.15) is 0 Å². The van der Waals surface area contributed by atoms with Gasteiger partial charge in [0.15, 0.2) is 0 Å². The molecule has 1 aromatic heterocycles. The van der Waals surface area contributed by atoms with E-state index in [1.807, 2.05) is 23.1 Å². The third kappa shape index (κ3) is 5.29. The molecule has 0 saturated carbocycles. The van der Waals surface area contributed by atoms with Crippen LogP contribution >= 0.6 is 0 Å². The van der Waals surface area contributed by atoms with Gasteiger partial charge in [-0.05, 0) is 58.2 Å². The van der Waals surface area contributed by atoms with Crippen LogP contribution in [-0.4, -0.2) is 64.4 Å².